The summed E-state index contributed by atoms with van der Waals surface area (Å²) < 4.78 is 6.22. The van der Waals surface area contributed by atoms with Crippen LogP contribution in [-0.4, -0.2) is 23.8 Å². The average molecular weight is 536 g/mol. The van der Waals surface area contributed by atoms with E-state index in [0.29, 0.717) is 30.3 Å². The van der Waals surface area contributed by atoms with E-state index in [9.17, 15) is 9.90 Å². The van der Waals surface area contributed by atoms with Gasteiger partial charge in [-0.1, -0.05) is 43.7 Å². The van der Waals surface area contributed by atoms with Crippen molar-refractivity contribution in [3.63, 3.8) is 0 Å². The summed E-state index contributed by atoms with van der Waals surface area (Å²) in [5.41, 5.74) is 2.91. The molecule has 2 aliphatic carbocycles. The van der Waals surface area contributed by atoms with Crippen molar-refractivity contribution in [2.45, 2.75) is 65.9 Å². The Kier molecular flexibility index (Phi) is 8.42. The summed E-state index contributed by atoms with van der Waals surface area (Å²) in [6, 6.07) is 8.78. The number of benzene rings is 1. The normalized spacial score (nSPS) is 33.9. The molecule has 3 nitrogen and oxygen atoms in total. The minimum absolute atomic E-state index is 0.215. The molecule has 170 valence electrons. The van der Waals surface area contributed by atoms with Crippen LogP contribution in [-0.2, 0) is 16.0 Å². The molecule has 0 bridgehead atoms. The number of rotatable bonds is 6. The Labute approximate surface area is 201 Å². The molecule has 0 unspecified atom stereocenters. The second-order valence-electron chi connectivity index (χ2n) is 9.81. The first-order valence-corrected chi connectivity index (χ1v) is 12.8. The Bertz CT molecular complexity index is 812. The Morgan fingerprint density at radius 2 is 2.00 bits per heavy atom. The second-order valence-corrected chi connectivity index (χ2v) is 11.1. The molecule has 2 saturated carbocycles. The van der Waals surface area contributed by atoms with Gasteiger partial charge in [0.2, 0.25) is 0 Å². The number of carbonyl (C=O) groups is 1. The van der Waals surface area contributed by atoms with E-state index in [1.807, 2.05) is 13.0 Å². The summed E-state index contributed by atoms with van der Waals surface area (Å²) >= 11 is 2.35. The zero-order valence-corrected chi connectivity index (χ0v) is 21.5. The van der Waals surface area contributed by atoms with Gasteiger partial charge < -0.3 is 9.84 Å². The molecule has 0 amide bonds. The van der Waals surface area contributed by atoms with Crippen molar-refractivity contribution in [2.24, 2.45) is 29.1 Å². The number of allylic oxidation sites excluding steroid dienone is 3. The molecular formula is C27H37IO3. The van der Waals surface area contributed by atoms with Gasteiger partial charge in [-0.2, -0.15) is 0 Å². The number of halogens is 1. The molecule has 2 fully saturated rings. The molecule has 0 saturated heterocycles. The Morgan fingerprint density at radius 3 is 2.68 bits per heavy atom. The molecule has 0 heterocycles. The minimum atomic E-state index is -0.282. The van der Waals surface area contributed by atoms with Crippen LogP contribution in [0, 0.1) is 32.7 Å². The van der Waals surface area contributed by atoms with E-state index in [1.165, 1.54) is 20.8 Å². The lowest BCUT2D eigenvalue weighted by molar-refractivity contribution is -0.137. The van der Waals surface area contributed by atoms with Gasteiger partial charge in [-0.15, -0.1) is 0 Å². The van der Waals surface area contributed by atoms with Crippen LogP contribution in [0.3, 0.4) is 0 Å². The summed E-state index contributed by atoms with van der Waals surface area (Å²) in [5, 5.41) is 11.0. The third-order valence-electron chi connectivity index (χ3n) is 8.00. The van der Waals surface area contributed by atoms with Gasteiger partial charge in [0.1, 0.15) is 0 Å². The standard InChI is InChI=1S/C27H37IO3/c1-5-31-26(30)8-6-7-18(2)21-11-14-24-23(16-20-9-12-22(28)13-10-20)25(29)15-19(3)27(24,4)17-21/h6-10,12-13,19,21,23-25,29H,5,11,14-17H2,1-4H3/b8-6+,18-7+/t19-,21-,23+,24-,25+,27+/m1/s1. The van der Waals surface area contributed by atoms with Crippen LogP contribution in [0.15, 0.2) is 48.1 Å². The van der Waals surface area contributed by atoms with Crippen molar-refractivity contribution in [1.29, 1.82) is 0 Å². The monoisotopic (exact) mass is 536 g/mol. The maximum Gasteiger partial charge on any atom is 0.330 e. The van der Waals surface area contributed by atoms with Crippen LogP contribution in [0.1, 0.15) is 58.9 Å². The number of hydrogen-bond acceptors (Lipinski definition) is 3. The van der Waals surface area contributed by atoms with Gasteiger partial charge in [-0.25, -0.2) is 4.79 Å². The van der Waals surface area contributed by atoms with Crippen molar-refractivity contribution in [1.82, 2.24) is 0 Å². The molecule has 0 aromatic heterocycles. The first-order valence-electron chi connectivity index (χ1n) is 11.7. The molecular weight excluding hydrogens is 499 g/mol. The number of fused-ring (bicyclic) bond motifs is 1. The molecule has 1 aromatic rings. The van der Waals surface area contributed by atoms with Crippen LogP contribution in [0.4, 0.5) is 0 Å². The molecule has 0 aliphatic heterocycles. The van der Waals surface area contributed by atoms with Gasteiger partial charge in [0.05, 0.1) is 12.7 Å². The molecule has 6 atom stereocenters. The van der Waals surface area contributed by atoms with Crippen molar-refractivity contribution in [3.8, 4) is 0 Å². The van der Waals surface area contributed by atoms with Gasteiger partial charge in [0.15, 0.2) is 0 Å². The van der Waals surface area contributed by atoms with Crippen molar-refractivity contribution in [3.05, 3.63) is 57.2 Å². The minimum Gasteiger partial charge on any atom is -0.463 e. The lowest BCUT2D eigenvalue weighted by Gasteiger charge is -2.56. The van der Waals surface area contributed by atoms with Gasteiger partial charge in [0.25, 0.3) is 0 Å². The number of aliphatic hydroxyl groups is 1. The highest BCUT2D eigenvalue weighted by Crippen LogP contribution is 2.58. The van der Waals surface area contributed by atoms with Crippen LogP contribution in [0.25, 0.3) is 0 Å². The molecule has 1 aromatic carbocycles. The number of ether oxygens (including phenoxy) is 1. The predicted octanol–water partition coefficient (Wildman–Crippen LogP) is 6.34. The number of hydrogen-bond donors (Lipinski definition) is 1. The van der Waals surface area contributed by atoms with Gasteiger partial charge in [0, 0.05) is 9.65 Å². The fraction of sp³-hybridized carbons (Fsp3) is 0.593. The van der Waals surface area contributed by atoms with Crippen LogP contribution < -0.4 is 0 Å². The molecule has 1 N–H and O–H groups in total. The fourth-order valence-electron chi connectivity index (χ4n) is 6.00. The van der Waals surface area contributed by atoms with Gasteiger partial charge >= 0.3 is 5.97 Å². The molecule has 4 heteroatoms. The lowest BCUT2D eigenvalue weighted by atomic mass is 9.49. The second kappa shape index (κ2) is 10.7. The molecule has 0 spiro atoms. The summed E-state index contributed by atoms with van der Waals surface area (Å²) in [5.74, 6) is 1.63. The smallest absolute Gasteiger partial charge is 0.330 e. The third-order valence-corrected chi connectivity index (χ3v) is 8.72. The van der Waals surface area contributed by atoms with Gasteiger partial charge in [-0.05, 0) is 115 Å². The van der Waals surface area contributed by atoms with Crippen molar-refractivity contribution < 1.29 is 14.6 Å². The highest BCUT2D eigenvalue weighted by Gasteiger charge is 2.52. The van der Waals surface area contributed by atoms with Crippen molar-refractivity contribution in [2.75, 3.05) is 6.61 Å². The highest BCUT2D eigenvalue weighted by molar-refractivity contribution is 14.1. The Balaban J connectivity index is 1.73. The SMILES string of the molecule is CCOC(=O)/C=C/C=C(\C)[C@@H]1CC[C@@H]2[C@H](Cc3ccc(I)cc3)[C@@H](O)C[C@@H](C)[C@]2(C)C1. The maximum atomic E-state index is 11.6. The summed E-state index contributed by atoms with van der Waals surface area (Å²) in [7, 11) is 0. The topological polar surface area (TPSA) is 46.5 Å². The summed E-state index contributed by atoms with van der Waals surface area (Å²) in [4.78, 5) is 11.6. The predicted molar refractivity (Wildman–Crippen MR) is 135 cm³/mol. The largest absolute Gasteiger partial charge is 0.463 e. The summed E-state index contributed by atoms with van der Waals surface area (Å²) in [6.45, 7) is 9.21. The van der Waals surface area contributed by atoms with Crippen molar-refractivity contribution >= 4 is 28.6 Å². The van der Waals surface area contributed by atoms with E-state index in [1.54, 1.807) is 0 Å². The van der Waals surface area contributed by atoms with Gasteiger partial charge in [-0.3, -0.25) is 0 Å². The number of carbonyl (C=O) groups excluding carboxylic acids is 1. The molecule has 0 radical (unpaired) electrons. The number of aliphatic hydroxyl groups excluding tert-OH is 1. The Hall–Kier alpha value is -1.14. The zero-order valence-electron chi connectivity index (χ0n) is 19.3. The Morgan fingerprint density at radius 1 is 1.29 bits per heavy atom. The first-order chi connectivity index (χ1) is 14.7. The molecule has 3 rings (SSSR count). The van der Waals surface area contributed by atoms with Crippen LogP contribution in [0.2, 0.25) is 0 Å². The third kappa shape index (κ3) is 5.81. The number of esters is 1. The molecule has 2 aliphatic rings. The van der Waals surface area contributed by atoms with E-state index in [2.05, 4.69) is 73.7 Å². The average Bonchev–Trinajstić information content (AvgIpc) is 2.73. The highest BCUT2D eigenvalue weighted by atomic mass is 127. The van der Waals surface area contributed by atoms with E-state index in [0.717, 1.165) is 32.1 Å². The quantitative estimate of drug-likeness (QED) is 0.200. The fourth-order valence-corrected chi connectivity index (χ4v) is 6.36. The van der Waals surface area contributed by atoms with E-state index in [4.69, 9.17) is 4.74 Å². The van der Waals surface area contributed by atoms with E-state index < -0.39 is 0 Å². The van der Waals surface area contributed by atoms with Crippen LogP contribution >= 0.6 is 22.6 Å². The summed E-state index contributed by atoms with van der Waals surface area (Å²) in [6.07, 6.45) is 10.5. The first kappa shape index (κ1) is 24.5. The van der Waals surface area contributed by atoms with E-state index >= 15 is 0 Å². The maximum absolute atomic E-state index is 11.6. The van der Waals surface area contributed by atoms with Crippen LogP contribution in [0.5, 0.6) is 0 Å². The molecule has 31 heavy (non-hydrogen) atoms. The zero-order chi connectivity index (χ0) is 22.6. The van der Waals surface area contributed by atoms with E-state index in [-0.39, 0.29) is 17.5 Å². The lowest BCUT2D eigenvalue weighted by Crippen LogP contribution is -2.52.